The van der Waals surface area contributed by atoms with Gasteiger partial charge in [0.2, 0.25) is 0 Å². The molecule has 1 amide bonds. The first-order chi connectivity index (χ1) is 16.1. The van der Waals surface area contributed by atoms with E-state index in [1.165, 1.54) is 4.68 Å². The minimum Gasteiger partial charge on any atom is -0.383 e. The fourth-order valence-electron chi connectivity index (χ4n) is 4.71. The molecule has 1 atom stereocenters. The summed E-state index contributed by atoms with van der Waals surface area (Å²) >= 11 is 0. The standard InChI is InChI=1S/C24H30N6O3/c1-17-21(15-25-30(17)20-8-4-3-5-9-20)23(31)27-12-6-7-18(16-27)22-26-28(13-14-33-2)24(32)29(22)19-10-11-19/h3-5,8-9,15,18-19H,6-7,10-14,16H2,1-2H3. The normalized spacial score (nSPS) is 18.6. The first-order valence-electron chi connectivity index (χ1n) is 11.7. The predicted octanol–water partition coefficient (Wildman–Crippen LogP) is 2.54. The second-order valence-electron chi connectivity index (χ2n) is 8.94. The summed E-state index contributed by atoms with van der Waals surface area (Å²) in [5.41, 5.74) is 2.31. The molecule has 2 fully saturated rings. The number of methoxy groups -OCH3 is 1. The molecule has 0 N–H and O–H groups in total. The van der Waals surface area contributed by atoms with Crippen molar-refractivity contribution in [1.82, 2.24) is 29.0 Å². The van der Waals surface area contributed by atoms with Crippen LogP contribution in [0.1, 0.15) is 59.5 Å². The van der Waals surface area contributed by atoms with Gasteiger partial charge in [-0.1, -0.05) is 18.2 Å². The number of piperidine rings is 1. The highest BCUT2D eigenvalue weighted by Crippen LogP contribution is 2.37. The van der Waals surface area contributed by atoms with E-state index >= 15 is 0 Å². The van der Waals surface area contributed by atoms with E-state index in [1.807, 2.05) is 46.7 Å². The van der Waals surface area contributed by atoms with Crippen LogP contribution in [0, 0.1) is 6.92 Å². The lowest BCUT2D eigenvalue weighted by Gasteiger charge is -2.32. The van der Waals surface area contributed by atoms with E-state index in [0.717, 1.165) is 42.9 Å². The molecule has 1 saturated heterocycles. The maximum Gasteiger partial charge on any atom is 0.346 e. The van der Waals surface area contributed by atoms with Crippen LogP contribution < -0.4 is 5.69 Å². The predicted molar refractivity (Wildman–Crippen MR) is 123 cm³/mol. The Morgan fingerprint density at radius 1 is 1.18 bits per heavy atom. The van der Waals surface area contributed by atoms with Crippen LogP contribution >= 0.6 is 0 Å². The molecular formula is C24H30N6O3. The number of amides is 1. The van der Waals surface area contributed by atoms with E-state index in [-0.39, 0.29) is 23.6 Å². The molecular weight excluding hydrogens is 420 g/mol. The first kappa shape index (κ1) is 21.6. The van der Waals surface area contributed by atoms with Gasteiger partial charge in [-0.05, 0) is 44.7 Å². The molecule has 5 rings (SSSR count). The Bertz CT molecular complexity index is 1190. The van der Waals surface area contributed by atoms with Crippen molar-refractivity contribution in [3.05, 3.63) is 64.1 Å². The average Bonchev–Trinajstić information content (AvgIpc) is 3.53. The van der Waals surface area contributed by atoms with Gasteiger partial charge in [-0.2, -0.15) is 10.2 Å². The number of ether oxygens (including phenoxy) is 1. The van der Waals surface area contributed by atoms with Crippen LogP contribution in [0.3, 0.4) is 0 Å². The monoisotopic (exact) mass is 450 g/mol. The summed E-state index contributed by atoms with van der Waals surface area (Å²) in [6.07, 6.45) is 5.48. The highest BCUT2D eigenvalue weighted by molar-refractivity contribution is 5.95. The number of hydrogen-bond donors (Lipinski definition) is 0. The Morgan fingerprint density at radius 3 is 2.70 bits per heavy atom. The van der Waals surface area contributed by atoms with Crippen LogP contribution in [0.2, 0.25) is 0 Å². The molecule has 9 heteroatoms. The highest BCUT2D eigenvalue weighted by Gasteiger charge is 2.35. The summed E-state index contributed by atoms with van der Waals surface area (Å²) < 4.78 is 10.3. The fourth-order valence-corrected chi connectivity index (χ4v) is 4.71. The van der Waals surface area contributed by atoms with Gasteiger partial charge in [0.15, 0.2) is 0 Å². The molecule has 2 aromatic heterocycles. The maximum atomic E-state index is 13.4. The third-order valence-electron chi connectivity index (χ3n) is 6.63. The van der Waals surface area contributed by atoms with E-state index in [1.54, 1.807) is 18.0 Å². The SMILES string of the molecule is COCCn1nc(C2CCCN(C(=O)c3cnn(-c4ccccc4)c3C)C2)n(C2CC2)c1=O. The maximum absolute atomic E-state index is 13.4. The molecule has 1 aromatic carbocycles. The zero-order valence-electron chi connectivity index (χ0n) is 19.2. The lowest BCUT2D eigenvalue weighted by atomic mass is 9.96. The van der Waals surface area contributed by atoms with Gasteiger partial charge >= 0.3 is 5.69 Å². The number of likely N-dealkylation sites (tertiary alicyclic amines) is 1. The molecule has 2 aliphatic rings. The largest absolute Gasteiger partial charge is 0.383 e. The number of carbonyl (C=O) groups is 1. The van der Waals surface area contributed by atoms with Crippen molar-refractivity contribution in [1.29, 1.82) is 0 Å². The first-order valence-corrected chi connectivity index (χ1v) is 11.7. The summed E-state index contributed by atoms with van der Waals surface area (Å²) in [7, 11) is 1.62. The van der Waals surface area contributed by atoms with Gasteiger partial charge in [0.25, 0.3) is 5.91 Å². The van der Waals surface area contributed by atoms with Crippen LogP contribution in [-0.4, -0.2) is 61.7 Å². The van der Waals surface area contributed by atoms with Crippen molar-refractivity contribution >= 4 is 5.91 Å². The number of nitrogens with zero attached hydrogens (tertiary/aromatic N) is 6. The molecule has 0 spiro atoms. The Balaban J connectivity index is 1.38. The van der Waals surface area contributed by atoms with E-state index in [2.05, 4.69) is 5.10 Å². The minimum absolute atomic E-state index is 0.0153. The second kappa shape index (κ2) is 8.97. The molecule has 33 heavy (non-hydrogen) atoms. The summed E-state index contributed by atoms with van der Waals surface area (Å²) in [6, 6.07) is 10.1. The molecule has 1 unspecified atom stereocenters. The second-order valence-corrected chi connectivity index (χ2v) is 8.94. The molecule has 1 aliphatic heterocycles. The van der Waals surface area contributed by atoms with Gasteiger partial charge in [0, 0.05) is 32.2 Å². The number of rotatable bonds is 7. The Hall–Kier alpha value is -3.20. The van der Waals surface area contributed by atoms with Crippen LogP contribution in [0.5, 0.6) is 0 Å². The summed E-state index contributed by atoms with van der Waals surface area (Å²) in [5, 5.41) is 9.16. The summed E-state index contributed by atoms with van der Waals surface area (Å²) in [4.78, 5) is 28.3. The number of aromatic nitrogens is 5. The smallest absolute Gasteiger partial charge is 0.346 e. The van der Waals surface area contributed by atoms with Gasteiger partial charge in [-0.15, -0.1) is 0 Å². The number of para-hydroxylation sites is 1. The van der Waals surface area contributed by atoms with Crippen molar-refractivity contribution in [2.75, 3.05) is 26.8 Å². The Morgan fingerprint density at radius 2 is 1.97 bits per heavy atom. The number of carbonyl (C=O) groups excluding carboxylic acids is 1. The number of benzene rings is 1. The van der Waals surface area contributed by atoms with Crippen molar-refractivity contribution < 1.29 is 9.53 Å². The van der Waals surface area contributed by atoms with E-state index < -0.39 is 0 Å². The van der Waals surface area contributed by atoms with Crippen molar-refractivity contribution in [3.8, 4) is 5.69 Å². The highest BCUT2D eigenvalue weighted by atomic mass is 16.5. The molecule has 0 bridgehead atoms. The van der Waals surface area contributed by atoms with E-state index in [4.69, 9.17) is 9.84 Å². The van der Waals surface area contributed by atoms with Gasteiger partial charge in [-0.25, -0.2) is 14.2 Å². The fraction of sp³-hybridized carbons (Fsp3) is 0.500. The third kappa shape index (κ3) is 4.13. The van der Waals surface area contributed by atoms with Crippen molar-refractivity contribution in [2.24, 2.45) is 0 Å². The van der Waals surface area contributed by atoms with Crippen molar-refractivity contribution in [2.45, 2.75) is 51.1 Å². The zero-order chi connectivity index (χ0) is 22.9. The molecule has 1 saturated carbocycles. The summed E-state index contributed by atoms with van der Waals surface area (Å²) in [6.45, 7) is 4.07. The van der Waals surface area contributed by atoms with Gasteiger partial charge in [0.05, 0.1) is 36.3 Å². The van der Waals surface area contributed by atoms with Crippen LogP contribution in [-0.2, 0) is 11.3 Å². The van der Waals surface area contributed by atoms with E-state index in [0.29, 0.717) is 31.8 Å². The zero-order valence-corrected chi connectivity index (χ0v) is 19.2. The van der Waals surface area contributed by atoms with Crippen molar-refractivity contribution in [3.63, 3.8) is 0 Å². The van der Waals surface area contributed by atoms with Crippen LogP contribution in [0.25, 0.3) is 5.69 Å². The van der Waals surface area contributed by atoms with E-state index in [9.17, 15) is 9.59 Å². The number of hydrogen-bond acceptors (Lipinski definition) is 5. The lowest BCUT2D eigenvalue weighted by Crippen LogP contribution is -2.40. The van der Waals surface area contributed by atoms with Gasteiger partial charge < -0.3 is 9.64 Å². The van der Waals surface area contributed by atoms with Crippen LogP contribution in [0.4, 0.5) is 0 Å². The molecule has 174 valence electrons. The topological polar surface area (TPSA) is 87.2 Å². The van der Waals surface area contributed by atoms with Gasteiger partial charge in [0.1, 0.15) is 5.82 Å². The van der Waals surface area contributed by atoms with Gasteiger partial charge in [-0.3, -0.25) is 9.36 Å². The third-order valence-corrected chi connectivity index (χ3v) is 6.63. The quantitative estimate of drug-likeness (QED) is 0.552. The van der Waals surface area contributed by atoms with Crippen LogP contribution in [0.15, 0.2) is 41.3 Å². The molecule has 1 aliphatic carbocycles. The lowest BCUT2D eigenvalue weighted by molar-refractivity contribution is 0.0702. The molecule has 9 nitrogen and oxygen atoms in total. The Kier molecular flexibility index (Phi) is 5.88. The summed E-state index contributed by atoms with van der Waals surface area (Å²) in [5.74, 6) is 0.843. The Labute approximate surface area is 192 Å². The average molecular weight is 451 g/mol. The molecule has 3 aromatic rings. The molecule has 0 radical (unpaired) electrons. The minimum atomic E-state index is -0.0621. The molecule has 3 heterocycles.